The summed E-state index contributed by atoms with van der Waals surface area (Å²) in [5, 5.41) is 3.30. The van der Waals surface area contributed by atoms with E-state index in [1.54, 1.807) is 0 Å². The molecule has 1 nitrogen and oxygen atoms in total. The molecule has 0 amide bonds. The lowest BCUT2D eigenvalue weighted by Crippen LogP contribution is -2.09. The van der Waals surface area contributed by atoms with Crippen molar-refractivity contribution in [2.45, 2.75) is 24.8 Å². The van der Waals surface area contributed by atoms with Crippen LogP contribution in [0.25, 0.3) is 0 Å². The molecule has 0 spiro atoms. The van der Waals surface area contributed by atoms with Crippen LogP contribution in [0.3, 0.4) is 0 Å². The molecule has 0 fully saturated rings. The van der Waals surface area contributed by atoms with Gasteiger partial charge in [0.25, 0.3) is 0 Å². The fourth-order valence-corrected chi connectivity index (χ4v) is 1.04. The summed E-state index contributed by atoms with van der Waals surface area (Å²) in [5.41, 5.74) is 1.15. The number of rotatable bonds is 2. The molecule has 0 heterocycles. The van der Waals surface area contributed by atoms with Crippen molar-refractivity contribution in [1.29, 1.82) is 0 Å². The highest BCUT2D eigenvalue weighted by Gasteiger charge is 1.92. The maximum absolute atomic E-state index is 4.19. The van der Waals surface area contributed by atoms with E-state index < -0.39 is 0 Å². The van der Waals surface area contributed by atoms with Gasteiger partial charge in [-0.05, 0) is 38.1 Å². The maximum atomic E-state index is 4.19. The zero-order valence-electron chi connectivity index (χ0n) is 6.83. The predicted octanol–water partition coefficient (Wildman–Crippen LogP) is 2.80. The van der Waals surface area contributed by atoms with Gasteiger partial charge < -0.3 is 5.32 Å². The van der Waals surface area contributed by atoms with E-state index in [1.165, 1.54) is 0 Å². The monoisotopic (exact) mass is 167 g/mol. The number of anilines is 1. The Hall–Kier alpha value is -0.630. The Morgan fingerprint density at radius 2 is 1.73 bits per heavy atom. The minimum atomic E-state index is 0.487. The van der Waals surface area contributed by atoms with E-state index in [1.807, 2.05) is 24.3 Å². The molecule has 0 aliphatic heterocycles. The molecule has 1 N–H and O–H groups in total. The van der Waals surface area contributed by atoms with Gasteiger partial charge in [-0.3, -0.25) is 0 Å². The summed E-state index contributed by atoms with van der Waals surface area (Å²) in [5.74, 6) is 0. The molecule has 0 atom stereocenters. The molecule has 1 aromatic rings. The lowest BCUT2D eigenvalue weighted by Gasteiger charge is -2.09. The lowest BCUT2D eigenvalue weighted by molar-refractivity contribution is 0.899. The number of thiol groups is 1. The summed E-state index contributed by atoms with van der Waals surface area (Å²) >= 11 is 4.19. The van der Waals surface area contributed by atoms with Crippen molar-refractivity contribution >= 4 is 18.3 Å². The summed E-state index contributed by atoms with van der Waals surface area (Å²) in [6.45, 7) is 4.24. The first-order valence-corrected chi connectivity index (χ1v) is 4.19. The molecule has 0 saturated heterocycles. The first-order chi connectivity index (χ1) is 5.18. The van der Waals surface area contributed by atoms with Gasteiger partial charge in [0, 0.05) is 16.6 Å². The topological polar surface area (TPSA) is 12.0 Å². The number of benzene rings is 1. The van der Waals surface area contributed by atoms with Gasteiger partial charge in [-0.25, -0.2) is 0 Å². The Kier molecular flexibility index (Phi) is 2.83. The van der Waals surface area contributed by atoms with Crippen LogP contribution in [0.2, 0.25) is 0 Å². The molecule has 11 heavy (non-hydrogen) atoms. The smallest absolute Gasteiger partial charge is 0.0342 e. The molecule has 0 aromatic heterocycles. The van der Waals surface area contributed by atoms with Crippen LogP contribution in [0.1, 0.15) is 13.8 Å². The predicted molar refractivity (Wildman–Crippen MR) is 52.5 cm³/mol. The molecule has 1 aromatic carbocycles. The number of nitrogens with one attached hydrogen (secondary N) is 1. The number of hydrogen-bond donors (Lipinski definition) is 2. The first-order valence-electron chi connectivity index (χ1n) is 3.74. The second-order valence-corrected chi connectivity index (χ2v) is 3.36. The van der Waals surface area contributed by atoms with Crippen molar-refractivity contribution in [2.24, 2.45) is 0 Å². The zero-order chi connectivity index (χ0) is 8.27. The molecular formula is C9H13NS. The van der Waals surface area contributed by atoms with E-state index in [-0.39, 0.29) is 0 Å². The molecule has 0 aliphatic carbocycles. The quantitative estimate of drug-likeness (QED) is 0.645. The van der Waals surface area contributed by atoms with Crippen molar-refractivity contribution in [3.05, 3.63) is 24.3 Å². The maximum Gasteiger partial charge on any atom is 0.0342 e. The first kappa shape index (κ1) is 8.47. The molecule has 0 bridgehead atoms. The van der Waals surface area contributed by atoms with Gasteiger partial charge in [0.15, 0.2) is 0 Å². The normalized spacial score (nSPS) is 10.2. The minimum absolute atomic E-state index is 0.487. The fraction of sp³-hybridized carbons (Fsp3) is 0.333. The van der Waals surface area contributed by atoms with Gasteiger partial charge in [-0.15, -0.1) is 12.6 Å². The van der Waals surface area contributed by atoms with Crippen molar-refractivity contribution in [3.63, 3.8) is 0 Å². The number of hydrogen-bond acceptors (Lipinski definition) is 2. The summed E-state index contributed by atoms with van der Waals surface area (Å²) in [6, 6.07) is 8.51. The van der Waals surface area contributed by atoms with Gasteiger partial charge in [-0.2, -0.15) is 0 Å². The molecular weight excluding hydrogens is 154 g/mol. The highest BCUT2D eigenvalue weighted by Crippen LogP contribution is 2.12. The van der Waals surface area contributed by atoms with Gasteiger partial charge in [-0.1, -0.05) is 0 Å². The highest BCUT2D eigenvalue weighted by atomic mass is 32.1. The minimum Gasteiger partial charge on any atom is -0.383 e. The molecule has 0 aliphatic rings. The molecule has 1 rings (SSSR count). The van der Waals surface area contributed by atoms with Gasteiger partial charge >= 0.3 is 0 Å². The second kappa shape index (κ2) is 3.67. The van der Waals surface area contributed by atoms with E-state index >= 15 is 0 Å². The second-order valence-electron chi connectivity index (χ2n) is 2.85. The lowest BCUT2D eigenvalue weighted by atomic mass is 10.3. The van der Waals surface area contributed by atoms with Crippen molar-refractivity contribution in [2.75, 3.05) is 5.32 Å². The standard InChI is InChI=1S/C9H13NS/c1-7(2)10-8-3-5-9(11)6-4-8/h3-7,10-11H,1-2H3. The molecule has 60 valence electrons. The average molecular weight is 167 g/mol. The van der Waals surface area contributed by atoms with Crippen molar-refractivity contribution in [3.8, 4) is 0 Å². The van der Waals surface area contributed by atoms with Crippen LogP contribution in [0.4, 0.5) is 5.69 Å². The summed E-state index contributed by atoms with van der Waals surface area (Å²) in [6.07, 6.45) is 0. The Labute approximate surface area is 73.2 Å². The van der Waals surface area contributed by atoms with Gasteiger partial charge in [0.2, 0.25) is 0 Å². The average Bonchev–Trinajstić information content (AvgIpc) is 1.93. The summed E-state index contributed by atoms with van der Waals surface area (Å²) in [7, 11) is 0. The van der Waals surface area contributed by atoms with E-state index in [0.29, 0.717) is 6.04 Å². The third-order valence-corrected chi connectivity index (χ3v) is 1.62. The van der Waals surface area contributed by atoms with E-state index in [9.17, 15) is 0 Å². The van der Waals surface area contributed by atoms with Crippen LogP contribution in [0, 0.1) is 0 Å². The van der Waals surface area contributed by atoms with Gasteiger partial charge in [0.05, 0.1) is 0 Å². The molecule has 2 heteroatoms. The van der Waals surface area contributed by atoms with Crippen molar-refractivity contribution < 1.29 is 0 Å². The van der Waals surface area contributed by atoms with Crippen LogP contribution >= 0.6 is 12.6 Å². The van der Waals surface area contributed by atoms with Crippen LogP contribution < -0.4 is 5.32 Å². The highest BCUT2D eigenvalue weighted by molar-refractivity contribution is 7.80. The molecule has 0 radical (unpaired) electrons. The Balaban J connectivity index is 2.66. The third-order valence-electron chi connectivity index (χ3n) is 1.32. The summed E-state index contributed by atoms with van der Waals surface area (Å²) in [4.78, 5) is 0.999. The van der Waals surface area contributed by atoms with Crippen LogP contribution in [-0.2, 0) is 0 Å². The summed E-state index contributed by atoms with van der Waals surface area (Å²) < 4.78 is 0. The van der Waals surface area contributed by atoms with Gasteiger partial charge in [0.1, 0.15) is 0 Å². The van der Waals surface area contributed by atoms with E-state index in [4.69, 9.17) is 0 Å². The Bertz CT molecular complexity index is 216. The van der Waals surface area contributed by atoms with Crippen LogP contribution in [-0.4, -0.2) is 6.04 Å². The zero-order valence-corrected chi connectivity index (χ0v) is 7.73. The molecule has 0 saturated carbocycles. The largest absolute Gasteiger partial charge is 0.383 e. The van der Waals surface area contributed by atoms with Crippen LogP contribution in [0.5, 0.6) is 0 Å². The van der Waals surface area contributed by atoms with E-state index in [2.05, 4.69) is 31.8 Å². The Morgan fingerprint density at radius 1 is 1.18 bits per heavy atom. The van der Waals surface area contributed by atoms with E-state index in [0.717, 1.165) is 10.6 Å². The Morgan fingerprint density at radius 3 is 2.18 bits per heavy atom. The third kappa shape index (κ3) is 2.85. The van der Waals surface area contributed by atoms with Crippen molar-refractivity contribution in [1.82, 2.24) is 0 Å². The fourth-order valence-electron chi connectivity index (χ4n) is 0.891. The molecule has 0 unspecified atom stereocenters. The van der Waals surface area contributed by atoms with Crippen LogP contribution in [0.15, 0.2) is 29.2 Å². The SMILES string of the molecule is CC(C)Nc1ccc(S)cc1.